The number of hydrogen-bond acceptors (Lipinski definition) is 4. The molecule has 1 aliphatic carbocycles. The van der Waals surface area contributed by atoms with Gasteiger partial charge in [-0.2, -0.15) is 5.10 Å². The zero-order chi connectivity index (χ0) is 15.0. The highest BCUT2D eigenvalue weighted by molar-refractivity contribution is 5.97. The van der Waals surface area contributed by atoms with Crippen LogP contribution in [0.3, 0.4) is 0 Å². The lowest BCUT2D eigenvalue weighted by atomic mass is 10.1. The molecule has 0 aromatic carbocycles. The Balaban J connectivity index is 1.95. The second kappa shape index (κ2) is 5.20. The van der Waals surface area contributed by atoms with E-state index in [0.29, 0.717) is 17.2 Å². The van der Waals surface area contributed by atoms with E-state index in [0.717, 1.165) is 25.0 Å². The number of amidine groups is 1. The molecular weight excluding hydrogens is 266 g/mol. The first kappa shape index (κ1) is 13.6. The molecule has 0 spiro atoms. The van der Waals surface area contributed by atoms with Gasteiger partial charge in [0.25, 0.3) is 0 Å². The summed E-state index contributed by atoms with van der Waals surface area (Å²) in [5, 5.41) is 12.0. The van der Waals surface area contributed by atoms with E-state index in [1.54, 1.807) is 6.20 Å². The number of nitrogens with two attached hydrogens (primary N) is 1. The standard InChI is InChI=1S/C15H19N5O/c1-9(2)20-8-11(7-18-20)21-15-12(14(16)17)6-10-4-3-5-13(10)19-15/h6-9H,3-5H2,1-2H3,(H3,16,17). The average molecular weight is 285 g/mol. The van der Waals surface area contributed by atoms with E-state index in [1.165, 1.54) is 5.56 Å². The van der Waals surface area contributed by atoms with Crippen molar-refractivity contribution in [2.24, 2.45) is 5.73 Å². The largest absolute Gasteiger partial charge is 0.435 e. The molecule has 6 heteroatoms. The molecule has 3 rings (SSSR count). The van der Waals surface area contributed by atoms with Gasteiger partial charge in [-0.05, 0) is 44.7 Å². The number of aromatic nitrogens is 3. The van der Waals surface area contributed by atoms with Crippen LogP contribution in [-0.4, -0.2) is 20.6 Å². The summed E-state index contributed by atoms with van der Waals surface area (Å²) in [7, 11) is 0. The topological polar surface area (TPSA) is 89.8 Å². The van der Waals surface area contributed by atoms with Gasteiger partial charge >= 0.3 is 0 Å². The summed E-state index contributed by atoms with van der Waals surface area (Å²) < 4.78 is 7.63. The molecular formula is C15H19N5O. The maximum absolute atomic E-state index is 7.72. The van der Waals surface area contributed by atoms with Gasteiger partial charge in [0.15, 0.2) is 5.75 Å². The number of nitrogens with one attached hydrogen (secondary N) is 1. The van der Waals surface area contributed by atoms with Gasteiger partial charge in [-0.1, -0.05) is 0 Å². The number of rotatable bonds is 4. The maximum atomic E-state index is 7.72. The molecule has 0 saturated carbocycles. The highest BCUT2D eigenvalue weighted by Crippen LogP contribution is 2.29. The van der Waals surface area contributed by atoms with Gasteiger partial charge in [0.05, 0.1) is 18.0 Å². The lowest BCUT2D eigenvalue weighted by Crippen LogP contribution is -2.14. The van der Waals surface area contributed by atoms with Gasteiger partial charge in [0, 0.05) is 11.7 Å². The Kier molecular flexibility index (Phi) is 3.37. The van der Waals surface area contributed by atoms with Crippen LogP contribution in [0.2, 0.25) is 0 Å². The van der Waals surface area contributed by atoms with Crippen LogP contribution in [0, 0.1) is 5.41 Å². The number of ether oxygens (including phenoxy) is 1. The molecule has 0 fully saturated rings. The normalized spacial score (nSPS) is 13.5. The smallest absolute Gasteiger partial charge is 0.230 e. The Morgan fingerprint density at radius 3 is 2.90 bits per heavy atom. The fraction of sp³-hybridized carbons (Fsp3) is 0.400. The molecule has 0 radical (unpaired) electrons. The van der Waals surface area contributed by atoms with Crippen LogP contribution in [0.15, 0.2) is 18.5 Å². The number of fused-ring (bicyclic) bond motifs is 1. The molecule has 1 aliphatic rings. The van der Waals surface area contributed by atoms with Gasteiger partial charge in [-0.15, -0.1) is 0 Å². The number of nitrogen functional groups attached to an aromatic ring is 1. The molecule has 21 heavy (non-hydrogen) atoms. The van der Waals surface area contributed by atoms with Crippen LogP contribution in [0.5, 0.6) is 11.6 Å². The first-order valence-corrected chi connectivity index (χ1v) is 7.14. The molecule has 0 aliphatic heterocycles. The van der Waals surface area contributed by atoms with Gasteiger partial charge in [0.1, 0.15) is 5.84 Å². The SMILES string of the molecule is CC(C)n1cc(Oc2nc3c(cc2C(=N)N)CCC3)cn1. The third kappa shape index (κ3) is 2.61. The van der Waals surface area contributed by atoms with Gasteiger partial charge in [-0.3, -0.25) is 10.1 Å². The van der Waals surface area contributed by atoms with Crippen molar-refractivity contribution in [2.75, 3.05) is 0 Å². The van der Waals surface area contributed by atoms with Gasteiger partial charge in [0.2, 0.25) is 5.88 Å². The van der Waals surface area contributed by atoms with Gasteiger partial charge in [-0.25, -0.2) is 4.98 Å². The Morgan fingerprint density at radius 2 is 2.24 bits per heavy atom. The summed E-state index contributed by atoms with van der Waals surface area (Å²) in [6, 6.07) is 2.20. The highest BCUT2D eigenvalue weighted by atomic mass is 16.5. The van der Waals surface area contributed by atoms with Crippen molar-refractivity contribution in [1.29, 1.82) is 5.41 Å². The van der Waals surface area contributed by atoms with Crippen molar-refractivity contribution >= 4 is 5.84 Å². The Labute approximate surface area is 123 Å². The molecule has 110 valence electrons. The maximum Gasteiger partial charge on any atom is 0.230 e. The number of nitrogens with zero attached hydrogens (tertiary/aromatic N) is 3. The molecule has 2 aromatic heterocycles. The fourth-order valence-electron chi connectivity index (χ4n) is 2.49. The van der Waals surface area contributed by atoms with Crippen LogP contribution in [0.25, 0.3) is 0 Å². The van der Waals surface area contributed by atoms with E-state index in [4.69, 9.17) is 15.9 Å². The van der Waals surface area contributed by atoms with E-state index in [2.05, 4.69) is 10.1 Å². The lowest BCUT2D eigenvalue weighted by Gasteiger charge is -2.10. The molecule has 0 atom stereocenters. The van der Waals surface area contributed by atoms with E-state index >= 15 is 0 Å². The summed E-state index contributed by atoms with van der Waals surface area (Å²) in [4.78, 5) is 4.54. The molecule has 0 unspecified atom stereocenters. The van der Waals surface area contributed by atoms with Crippen molar-refractivity contribution in [2.45, 2.75) is 39.2 Å². The molecule has 0 saturated heterocycles. The van der Waals surface area contributed by atoms with Crippen molar-refractivity contribution < 1.29 is 4.74 Å². The molecule has 2 aromatic rings. The predicted octanol–water partition coefficient (Wildman–Crippen LogP) is 2.42. The van der Waals surface area contributed by atoms with E-state index in [1.807, 2.05) is 30.8 Å². The summed E-state index contributed by atoms with van der Waals surface area (Å²) in [6.45, 7) is 4.09. The molecule has 6 nitrogen and oxygen atoms in total. The summed E-state index contributed by atoms with van der Waals surface area (Å²) in [6.07, 6.45) is 6.51. The van der Waals surface area contributed by atoms with Gasteiger partial charge < -0.3 is 10.5 Å². The monoisotopic (exact) mass is 285 g/mol. The van der Waals surface area contributed by atoms with Crippen molar-refractivity contribution in [3.8, 4) is 11.6 Å². The molecule has 3 N–H and O–H groups in total. The van der Waals surface area contributed by atoms with Crippen LogP contribution in [0.4, 0.5) is 0 Å². The van der Waals surface area contributed by atoms with Crippen molar-refractivity contribution in [3.63, 3.8) is 0 Å². The second-order valence-electron chi connectivity index (χ2n) is 5.57. The first-order valence-electron chi connectivity index (χ1n) is 7.14. The minimum absolute atomic E-state index is 0.0246. The van der Waals surface area contributed by atoms with E-state index in [-0.39, 0.29) is 11.9 Å². The Morgan fingerprint density at radius 1 is 1.43 bits per heavy atom. The van der Waals surface area contributed by atoms with E-state index in [9.17, 15) is 0 Å². The zero-order valence-electron chi connectivity index (χ0n) is 12.3. The average Bonchev–Trinajstić information content (AvgIpc) is 3.05. The second-order valence-corrected chi connectivity index (χ2v) is 5.57. The third-order valence-electron chi connectivity index (χ3n) is 3.63. The van der Waals surface area contributed by atoms with Crippen molar-refractivity contribution in [3.05, 3.63) is 35.3 Å². The minimum Gasteiger partial charge on any atom is -0.435 e. The highest BCUT2D eigenvalue weighted by Gasteiger charge is 2.19. The fourth-order valence-corrected chi connectivity index (χ4v) is 2.49. The van der Waals surface area contributed by atoms with E-state index < -0.39 is 0 Å². The summed E-state index contributed by atoms with van der Waals surface area (Å²) >= 11 is 0. The van der Waals surface area contributed by atoms with Crippen LogP contribution < -0.4 is 10.5 Å². The lowest BCUT2D eigenvalue weighted by molar-refractivity contribution is 0.456. The number of hydrogen-bond donors (Lipinski definition) is 2. The molecule has 0 bridgehead atoms. The zero-order valence-corrected chi connectivity index (χ0v) is 12.3. The quantitative estimate of drug-likeness (QED) is 0.667. The summed E-state index contributed by atoms with van der Waals surface area (Å²) in [5.41, 5.74) is 8.43. The Bertz CT molecular complexity index is 689. The molecule has 0 amide bonds. The third-order valence-corrected chi connectivity index (χ3v) is 3.63. The number of aryl methyl sites for hydroxylation is 2. The first-order chi connectivity index (χ1) is 10.0. The minimum atomic E-state index is -0.0246. The predicted molar refractivity (Wildman–Crippen MR) is 80.0 cm³/mol. The van der Waals surface area contributed by atoms with Crippen LogP contribution in [-0.2, 0) is 12.8 Å². The van der Waals surface area contributed by atoms with Crippen LogP contribution in [0.1, 0.15) is 43.1 Å². The van der Waals surface area contributed by atoms with Crippen LogP contribution >= 0.6 is 0 Å². The van der Waals surface area contributed by atoms with Crippen molar-refractivity contribution in [1.82, 2.24) is 14.8 Å². The number of pyridine rings is 1. The summed E-state index contributed by atoms with van der Waals surface area (Å²) in [5.74, 6) is 0.978. The molecule has 2 heterocycles. The Hall–Kier alpha value is -2.37.